The number of nitrogens with zero attached hydrogens (tertiary/aromatic N) is 1. The number of hydrogen-bond donors (Lipinski definition) is 1. The molecule has 0 aliphatic rings. The monoisotopic (exact) mass is 272 g/mol. The number of nitrogens with one attached hydrogen (secondary N) is 1. The zero-order valence-electron chi connectivity index (χ0n) is 11.2. The Kier molecular flexibility index (Phi) is 4.70. The minimum Gasteiger partial charge on any atom is -0.366 e. The van der Waals surface area contributed by atoms with Crippen molar-refractivity contribution in [3.05, 3.63) is 28.7 Å². The van der Waals surface area contributed by atoms with Gasteiger partial charge >= 0.3 is 0 Å². The van der Waals surface area contributed by atoms with Crippen LogP contribution in [0.3, 0.4) is 0 Å². The molecule has 0 aliphatic carbocycles. The minimum absolute atomic E-state index is 0.183. The average Bonchev–Trinajstić information content (AvgIpc) is 2.25. The van der Waals surface area contributed by atoms with Crippen molar-refractivity contribution >= 4 is 10.0 Å². The number of rotatable bonds is 5. The fraction of sp³-hybridized carbons (Fsp3) is 0.583. The van der Waals surface area contributed by atoms with Crippen LogP contribution in [0.4, 0.5) is 0 Å². The van der Waals surface area contributed by atoms with E-state index in [1.165, 1.54) is 22.8 Å². The predicted molar refractivity (Wildman–Crippen MR) is 70.9 cm³/mol. The van der Waals surface area contributed by atoms with E-state index in [4.69, 9.17) is 0 Å². The van der Waals surface area contributed by atoms with Crippen molar-refractivity contribution in [3.63, 3.8) is 0 Å². The molecule has 0 aliphatic heterocycles. The van der Waals surface area contributed by atoms with Crippen molar-refractivity contribution in [1.29, 1.82) is 0 Å². The van der Waals surface area contributed by atoms with Crippen LogP contribution >= 0.6 is 0 Å². The van der Waals surface area contributed by atoms with Crippen molar-refractivity contribution in [2.75, 3.05) is 6.54 Å². The van der Waals surface area contributed by atoms with Crippen LogP contribution in [0.1, 0.15) is 27.7 Å². The van der Waals surface area contributed by atoms with E-state index in [2.05, 4.69) is 4.98 Å². The molecule has 1 rings (SSSR count). The molecule has 1 aromatic rings. The van der Waals surface area contributed by atoms with Gasteiger partial charge in [-0.3, -0.25) is 4.79 Å². The second-order valence-corrected chi connectivity index (χ2v) is 6.79. The molecule has 0 amide bonds. The molecule has 6 heteroatoms. The number of sulfonamides is 1. The normalized spacial score (nSPS) is 12.6. The molecule has 0 unspecified atom stereocenters. The lowest BCUT2D eigenvalue weighted by molar-refractivity contribution is 0.318. The molecule has 102 valence electrons. The van der Waals surface area contributed by atoms with Gasteiger partial charge in [0, 0.05) is 31.0 Å². The molecular formula is C12H20N2O3S. The molecule has 0 saturated carbocycles. The summed E-state index contributed by atoms with van der Waals surface area (Å²) in [6.45, 7) is 7.89. The van der Waals surface area contributed by atoms with Gasteiger partial charge in [-0.15, -0.1) is 0 Å². The van der Waals surface area contributed by atoms with E-state index in [9.17, 15) is 13.2 Å². The van der Waals surface area contributed by atoms with E-state index in [-0.39, 0.29) is 16.9 Å². The standard InChI is InChI=1S/C12H20N2O3S/c1-9(2)8-14(10(3)4)18(16,17)12-7-13-6-5-11(12)15/h5-7,9-10H,8H2,1-4H3,(H,13,15). The Balaban J connectivity index is 3.27. The molecule has 1 aromatic heterocycles. The van der Waals surface area contributed by atoms with Gasteiger partial charge in [-0.25, -0.2) is 8.42 Å². The van der Waals surface area contributed by atoms with Crippen LogP contribution in [0.25, 0.3) is 0 Å². The molecule has 0 radical (unpaired) electrons. The first-order valence-electron chi connectivity index (χ1n) is 5.95. The highest BCUT2D eigenvalue weighted by Crippen LogP contribution is 2.16. The Morgan fingerprint density at radius 1 is 1.28 bits per heavy atom. The van der Waals surface area contributed by atoms with Crippen molar-refractivity contribution in [2.24, 2.45) is 5.92 Å². The molecule has 0 atom stereocenters. The lowest BCUT2D eigenvalue weighted by atomic mass is 10.2. The first-order chi connectivity index (χ1) is 8.26. The third-order valence-electron chi connectivity index (χ3n) is 2.50. The van der Waals surface area contributed by atoms with Crippen LogP contribution in [0.2, 0.25) is 0 Å². The molecule has 0 saturated heterocycles. The summed E-state index contributed by atoms with van der Waals surface area (Å²) in [6.07, 6.45) is 2.66. The topological polar surface area (TPSA) is 70.2 Å². The third kappa shape index (κ3) is 3.20. The molecule has 0 aromatic carbocycles. The number of H-pyrrole nitrogens is 1. The number of aromatic amines is 1. The zero-order valence-corrected chi connectivity index (χ0v) is 12.0. The van der Waals surface area contributed by atoms with Gasteiger partial charge in [0.25, 0.3) is 0 Å². The Labute approximate surface area is 108 Å². The van der Waals surface area contributed by atoms with Gasteiger partial charge < -0.3 is 4.98 Å². The number of aromatic nitrogens is 1. The summed E-state index contributed by atoms with van der Waals surface area (Å²) in [5, 5.41) is 0. The Morgan fingerprint density at radius 2 is 1.89 bits per heavy atom. The molecule has 0 fully saturated rings. The van der Waals surface area contributed by atoms with E-state index in [1.807, 2.05) is 13.8 Å². The van der Waals surface area contributed by atoms with Gasteiger partial charge in [0.1, 0.15) is 4.90 Å². The Bertz CT molecular complexity index is 546. The van der Waals surface area contributed by atoms with Gasteiger partial charge in [-0.1, -0.05) is 13.8 Å². The van der Waals surface area contributed by atoms with Crippen LogP contribution in [-0.4, -0.2) is 30.3 Å². The smallest absolute Gasteiger partial charge is 0.248 e. The van der Waals surface area contributed by atoms with Crippen LogP contribution in [0.15, 0.2) is 28.2 Å². The van der Waals surface area contributed by atoms with Crippen LogP contribution in [0, 0.1) is 5.92 Å². The maximum atomic E-state index is 12.4. The molecule has 0 spiro atoms. The predicted octanol–water partition coefficient (Wildman–Crippen LogP) is 1.43. The van der Waals surface area contributed by atoms with E-state index in [1.54, 1.807) is 13.8 Å². The lowest BCUT2D eigenvalue weighted by Crippen LogP contribution is -2.41. The fourth-order valence-corrected chi connectivity index (χ4v) is 3.52. The summed E-state index contributed by atoms with van der Waals surface area (Å²) in [7, 11) is -3.74. The van der Waals surface area contributed by atoms with Crippen LogP contribution in [-0.2, 0) is 10.0 Å². The number of pyridine rings is 1. The number of hydrogen-bond acceptors (Lipinski definition) is 3. The molecule has 0 bridgehead atoms. The summed E-state index contributed by atoms with van der Waals surface area (Å²) in [4.78, 5) is 14.1. The van der Waals surface area contributed by atoms with Gasteiger partial charge in [-0.05, 0) is 19.8 Å². The molecular weight excluding hydrogens is 252 g/mol. The highest BCUT2D eigenvalue weighted by Gasteiger charge is 2.29. The van der Waals surface area contributed by atoms with Crippen LogP contribution in [0.5, 0.6) is 0 Å². The van der Waals surface area contributed by atoms with Crippen molar-refractivity contribution in [2.45, 2.75) is 38.6 Å². The summed E-state index contributed by atoms with van der Waals surface area (Å²) in [5.74, 6) is 0.199. The third-order valence-corrected chi connectivity index (χ3v) is 4.56. The summed E-state index contributed by atoms with van der Waals surface area (Å²) < 4.78 is 26.2. The SMILES string of the molecule is CC(C)CN(C(C)C)S(=O)(=O)c1c[nH]ccc1=O. The second-order valence-electron chi connectivity index (χ2n) is 4.94. The molecule has 1 heterocycles. The molecule has 5 nitrogen and oxygen atoms in total. The fourth-order valence-electron chi connectivity index (χ4n) is 1.68. The maximum absolute atomic E-state index is 12.4. The zero-order chi connectivity index (χ0) is 13.9. The average molecular weight is 272 g/mol. The highest BCUT2D eigenvalue weighted by atomic mass is 32.2. The van der Waals surface area contributed by atoms with Crippen molar-refractivity contribution < 1.29 is 8.42 Å². The molecule has 18 heavy (non-hydrogen) atoms. The van der Waals surface area contributed by atoms with Crippen LogP contribution < -0.4 is 5.43 Å². The quantitative estimate of drug-likeness (QED) is 0.881. The summed E-state index contributed by atoms with van der Waals surface area (Å²) >= 11 is 0. The first kappa shape index (κ1) is 14.9. The van der Waals surface area contributed by atoms with E-state index >= 15 is 0 Å². The Morgan fingerprint density at radius 3 is 2.33 bits per heavy atom. The summed E-state index contributed by atoms with van der Waals surface area (Å²) in [6, 6.07) is 1.04. The van der Waals surface area contributed by atoms with Crippen molar-refractivity contribution in [1.82, 2.24) is 9.29 Å². The van der Waals surface area contributed by atoms with Gasteiger partial charge in [0.05, 0.1) is 0 Å². The van der Waals surface area contributed by atoms with E-state index in [0.29, 0.717) is 6.54 Å². The van der Waals surface area contributed by atoms with Gasteiger partial charge in [0.2, 0.25) is 15.5 Å². The van der Waals surface area contributed by atoms with E-state index < -0.39 is 15.5 Å². The lowest BCUT2D eigenvalue weighted by Gasteiger charge is -2.27. The Hall–Kier alpha value is -1.14. The van der Waals surface area contributed by atoms with Crippen molar-refractivity contribution in [3.8, 4) is 0 Å². The maximum Gasteiger partial charge on any atom is 0.248 e. The van der Waals surface area contributed by atoms with Gasteiger partial charge in [-0.2, -0.15) is 4.31 Å². The largest absolute Gasteiger partial charge is 0.366 e. The summed E-state index contributed by atoms with van der Waals surface area (Å²) in [5.41, 5.74) is -0.483. The first-order valence-corrected chi connectivity index (χ1v) is 7.39. The molecule has 1 N–H and O–H groups in total. The van der Waals surface area contributed by atoms with E-state index in [0.717, 1.165) is 0 Å². The van der Waals surface area contributed by atoms with Gasteiger partial charge in [0.15, 0.2) is 0 Å². The second kappa shape index (κ2) is 5.67. The highest BCUT2D eigenvalue weighted by molar-refractivity contribution is 7.89. The minimum atomic E-state index is -3.74.